The summed E-state index contributed by atoms with van der Waals surface area (Å²) in [6.45, 7) is 1.44. The molecule has 1 saturated heterocycles. The number of hydrogen-bond acceptors (Lipinski definition) is 5. The first kappa shape index (κ1) is 20.0. The molecule has 1 aliphatic rings. The highest BCUT2D eigenvalue weighted by molar-refractivity contribution is 8.77. The van der Waals surface area contributed by atoms with Crippen LogP contribution in [0.2, 0.25) is 0 Å². The molecule has 1 aromatic carbocycles. The molecule has 0 saturated carbocycles. The second-order valence-corrected chi connectivity index (χ2v) is 8.61. The number of rotatable bonds is 8. The first-order valence-electron chi connectivity index (χ1n) is 8.19. The van der Waals surface area contributed by atoms with E-state index < -0.39 is 29.6 Å². The molecule has 4 nitrogen and oxygen atoms in total. The smallest absolute Gasteiger partial charge is 0.306 e. The maximum absolute atomic E-state index is 13.1. The zero-order chi connectivity index (χ0) is 18.2. The number of amides is 1. The zero-order valence-corrected chi connectivity index (χ0v) is 15.6. The molecule has 25 heavy (non-hydrogen) atoms. The van der Waals surface area contributed by atoms with E-state index in [1.807, 2.05) is 21.6 Å². The SMILES string of the molecule is C[C@@H](OC(=O)CCCC[C@H]1CCSS1)C(=O)Nc1ccc(F)c(F)c1. The van der Waals surface area contributed by atoms with Crippen LogP contribution in [0.5, 0.6) is 0 Å². The van der Waals surface area contributed by atoms with Crippen LogP contribution >= 0.6 is 21.6 Å². The highest BCUT2D eigenvalue weighted by Gasteiger charge is 2.19. The van der Waals surface area contributed by atoms with E-state index in [9.17, 15) is 18.4 Å². The molecule has 1 amide bonds. The Hall–Kier alpha value is -1.28. The van der Waals surface area contributed by atoms with Gasteiger partial charge >= 0.3 is 5.97 Å². The van der Waals surface area contributed by atoms with Gasteiger partial charge in [0.2, 0.25) is 0 Å². The summed E-state index contributed by atoms with van der Waals surface area (Å²) in [5.74, 6) is -1.87. The van der Waals surface area contributed by atoms with Crippen molar-refractivity contribution < 1.29 is 23.1 Å². The lowest BCUT2D eigenvalue weighted by Crippen LogP contribution is -2.30. The molecular weight excluding hydrogens is 368 g/mol. The largest absolute Gasteiger partial charge is 0.453 e. The van der Waals surface area contributed by atoms with Crippen molar-refractivity contribution in [1.29, 1.82) is 0 Å². The summed E-state index contributed by atoms with van der Waals surface area (Å²) < 4.78 is 31.0. The van der Waals surface area contributed by atoms with Crippen molar-refractivity contribution in [2.45, 2.75) is 50.4 Å². The number of carbonyl (C=O) groups is 2. The Morgan fingerprint density at radius 1 is 1.32 bits per heavy atom. The van der Waals surface area contributed by atoms with Gasteiger partial charge in [0.05, 0.1) is 0 Å². The van der Waals surface area contributed by atoms with E-state index in [0.717, 1.165) is 31.4 Å². The number of anilines is 1. The number of benzene rings is 1. The maximum atomic E-state index is 13.1. The van der Waals surface area contributed by atoms with Crippen molar-refractivity contribution in [2.75, 3.05) is 11.1 Å². The van der Waals surface area contributed by atoms with Crippen LogP contribution in [0.15, 0.2) is 18.2 Å². The average Bonchev–Trinajstić information content (AvgIpc) is 3.08. The predicted molar refractivity (Wildman–Crippen MR) is 97.5 cm³/mol. The Bertz CT molecular complexity index is 610. The number of halogens is 2. The second-order valence-electron chi connectivity index (χ2n) is 5.82. The van der Waals surface area contributed by atoms with Crippen LogP contribution in [0, 0.1) is 11.6 Å². The third kappa shape index (κ3) is 6.86. The van der Waals surface area contributed by atoms with Gasteiger partial charge in [0, 0.05) is 29.2 Å². The number of unbranched alkanes of at least 4 members (excludes halogenated alkanes) is 1. The fourth-order valence-electron chi connectivity index (χ4n) is 2.33. The molecule has 2 rings (SSSR count). The Kier molecular flexibility index (Phi) is 8.02. The Morgan fingerprint density at radius 2 is 2.12 bits per heavy atom. The van der Waals surface area contributed by atoms with Crippen LogP contribution < -0.4 is 5.32 Å². The van der Waals surface area contributed by atoms with Gasteiger partial charge in [-0.15, -0.1) is 0 Å². The van der Waals surface area contributed by atoms with Gasteiger partial charge in [-0.2, -0.15) is 0 Å². The molecule has 0 unspecified atom stereocenters. The van der Waals surface area contributed by atoms with E-state index in [-0.39, 0.29) is 12.1 Å². The van der Waals surface area contributed by atoms with Crippen molar-refractivity contribution in [1.82, 2.24) is 0 Å². The quantitative estimate of drug-likeness (QED) is 0.402. The lowest BCUT2D eigenvalue weighted by molar-refractivity contribution is -0.153. The maximum Gasteiger partial charge on any atom is 0.306 e. The molecule has 0 spiro atoms. The van der Waals surface area contributed by atoms with E-state index in [1.54, 1.807) is 0 Å². The van der Waals surface area contributed by atoms with Crippen molar-refractivity contribution >= 4 is 39.2 Å². The first-order chi connectivity index (χ1) is 12.0. The summed E-state index contributed by atoms with van der Waals surface area (Å²) in [4.78, 5) is 23.7. The summed E-state index contributed by atoms with van der Waals surface area (Å²) in [7, 11) is 3.81. The fourth-order valence-corrected chi connectivity index (χ4v) is 5.36. The van der Waals surface area contributed by atoms with Crippen molar-refractivity contribution in [3.05, 3.63) is 29.8 Å². The predicted octanol–water partition coefficient (Wildman–Crippen LogP) is 4.55. The fraction of sp³-hybridized carbons (Fsp3) is 0.529. The van der Waals surface area contributed by atoms with Crippen LogP contribution in [0.25, 0.3) is 0 Å². The number of nitrogens with one attached hydrogen (secondary N) is 1. The van der Waals surface area contributed by atoms with E-state index in [4.69, 9.17) is 4.74 Å². The van der Waals surface area contributed by atoms with Gasteiger partial charge in [0.15, 0.2) is 17.7 Å². The lowest BCUT2D eigenvalue weighted by Gasteiger charge is -2.14. The second kappa shape index (κ2) is 10.0. The van der Waals surface area contributed by atoms with Crippen LogP contribution in [0.4, 0.5) is 14.5 Å². The van der Waals surface area contributed by atoms with Gasteiger partial charge in [-0.1, -0.05) is 28.0 Å². The molecular formula is C17H21F2NO3S2. The highest BCUT2D eigenvalue weighted by Crippen LogP contribution is 2.39. The summed E-state index contributed by atoms with van der Waals surface area (Å²) in [6, 6.07) is 3.04. The topological polar surface area (TPSA) is 55.4 Å². The van der Waals surface area contributed by atoms with Gasteiger partial charge in [-0.3, -0.25) is 9.59 Å². The van der Waals surface area contributed by atoms with E-state index >= 15 is 0 Å². The van der Waals surface area contributed by atoms with Gasteiger partial charge in [0.1, 0.15) is 0 Å². The molecule has 1 fully saturated rings. The summed E-state index contributed by atoms with van der Waals surface area (Å²) in [5, 5.41) is 3.07. The van der Waals surface area contributed by atoms with Crippen LogP contribution in [0.3, 0.4) is 0 Å². The summed E-state index contributed by atoms with van der Waals surface area (Å²) in [5.41, 5.74) is 0.110. The molecule has 1 aromatic rings. The van der Waals surface area contributed by atoms with Crippen LogP contribution in [-0.2, 0) is 14.3 Å². The first-order valence-corrected chi connectivity index (χ1v) is 10.6. The van der Waals surface area contributed by atoms with Crippen LogP contribution in [-0.4, -0.2) is 29.0 Å². The molecule has 0 radical (unpaired) electrons. The molecule has 138 valence electrons. The minimum Gasteiger partial charge on any atom is -0.453 e. The summed E-state index contributed by atoms with van der Waals surface area (Å²) in [6.07, 6.45) is 3.29. The standard InChI is InChI=1S/C17H21F2NO3S2/c1-11(17(22)20-12-6-7-14(18)15(19)10-12)23-16(21)5-3-2-4-13-8-9-24-25-13/h6-7,10-11,13H,2-5,8-9H2,1H3,(H,20,22)/t11-,13+/m1/s1. The minimum atomic E-state index is -1.05. The molecule has 0 aromatic heterocycles. The van der Waals surface area contributed by atoms with Gasteiger partial charge in [-0.25, -0.2) is 8.78 Å². The molecule has 1 aliphatic heterocycles. The number of carbonyl (C=O) groups excluding carboxylic acids is 2. The van der Waals surface area contributed by atoms with E-state index in [2.05, 4.69) is 5.32 Å². The van der Waals surface area contributed by atoms with E-state index in [1.165, 1.54) is 25.2 Å². The monoisotopic (exact) mass is 389 g/mol. The third-order valence-electron chi connectivity index (χ3n) is 3.75. The molecule has 2 atom stereocenters. The van der Waals surface area contributed by atoms with Gasteiger partial charge in [0.25, 0.3) is 5.91 Å². The lowest BCUT2D eigenvalue weighted by atomic mass is 10.1. The van der Waals surface area contributed by atoms with Crippen molar-refractivity contribution in [3.8, 4) is 0 Å². The molecule has 0 aliphatic carbocycles. The third-order valence-corrected chi connectivity index (χ3v) is 6.76. The minimum absolute atomic E-state index is 0.110. The van der Waals surface area contributed by atoms with Crippen LogP contribution in [0.1, 0.15) is 39.0 Å². The Morgan fingerprint density at radius 3 is 2.80 bits per heavy atom. The van der Waals surface area contributed by atoms with Crippen molar-refractivity contribution in [3.63, 3.8) is 0 Å². The zero-order valence-electron chi connectivity index (χ0n) is 13.9. The van der Waals surface area contributed by atoms with Gasteiger partial charge < -0.3 is 10.1 Å². The van der Waals surface area contributed by atoms with Gasteiger partial charge in [-0.05, 0) is 38.3 Å². The molecule has 1 heterocycles. The number of ether oxygens (including phenoxy) is 1. The van der Waals surface area contributed by atoms with E-state index in [0.29, 0.717) is 5.25 Å². The molecule has 0 bridgehead atoms. The Balaban J connectivity index is 1.66. The number of hydrogen-bond donors (Lipinski definition) is 1. The molecule has 1 N–H and O–H groups in total. The normalized spacial score (nSPS) is 18.0. The Labute approximate surface area is 153 Å². The highest BCUT2D eigenvalue weighted by atomic mass is 33.1. The van der Waals surface area contributed by atoms with Crippen molar-refractivity contribution in [2.24, 2.45) is 0 Å². The molecule has 8 heteroatoms. The average molecular weight is 389 g/mol. The summed E-state index contributed by atoms with van der Waals surface area (Å²) >= 11 is 0. The number of esters is 1.